The zero-order valence-electron chi connectivity index (χ0n) is 9.32. The third-order valence-electron chi connectivity index (χ3n) is 3.05. The Balaban J connectivity index is 2.64. The summed E-state index contributed by atoms with van der Waals surface area (Å²) in [4.78, 5) is 24.4. The van der Waals surface area contributed by atoms with E-state index in [9.17, 15) is 9.59 Å². The summed E-state index contributed by atoms with van der Waals surface area (Å²) in [6.45, 7) is 1.46. The Hall–Kier alpha value is -1.10. The van der Waals surface area contributed by atoms with E-state index in [1.807, 2.05) is 0 Å². The molecule has 0 aromatic rings. The first-order valence-corrected chi connectivity index (χ1v) is 4.94. The smallest absolute Gasteiger partial charge is 0.328 e. The van der Waals surface area contributed by atoms with E-state index < -0.39 is 17.4 Å². The van der Waals surface area contributed by atoms with Crippen LogP contribution >= 0.6 is 0 Å². The van der Waals surface area contributed by atoms with Gasteiger partial charge in [-0.15, -0.1) is 0 Å². The van der Waals surface area contributed by atoms with E-state index >= 15 is 0 Å². The van der Waals surface area contributed by atoms with Crippen molar-refractivity contribution in [2.24, 2.45) is 5.41 Å². The van der Waals surface area contributed by atoms with E-state index in [4.69, 9.17) is 5.11 Å². The zero-order chi connectivity index (χ0) is 11.6. The van der Waals surface area contributed by atoms with Crippen LogP contribution in [0.25, 0.3) is 0 Å². The number of hydrogen-bond acceptors (Lipinski definition) is 4. The first kappa shape index (κ1) is 12.0. The van der Waals surface area contributed by atoms with Crippen LogP contribution in [-0.2, 0) is 14.3 Å². The van der Waals surface area contributed by atoms with Gasteiger partial charge >= 0.3 is 5.97 Å². The van der Waals surface area contributed by atoms with Gasteiger partial charge in [0.15, 0.2) is 0 Å². The summed E-state index contributed by atoms with van der Waals surface area (Å²) < 4.78 is 4.55. The average molecular weight is 215 g/mol. The number of amides is 1. The molecule has 0 spiro atoms. The highest BCUT2D eigenvalue weighted by molar-refractivity contribution is 5.89. The maximum Gasteiger partial charge on any atom is 0.328 e. The predicted octanol–water partition coefficient (Wildman–Crippen LogP) is -0.221. The second kappa shape index (κ2) is 4.18. The molecule has 1 aliphatic rings. The fraction of sp³-hybridized carbons (Fsp3) is 0.800. The van der Waals surface area contributed by atoms with Gasteiger partial charge in [-0.05, 0) is 19.8 Å². The fourth-order valence-corrected chi connectivity index (χ4v) is 1.47. The van der Waals surface area contributed by atoms with E-state index in [1.165, 1.54) is 12.0 Å². The molecule has 1 amide bonds. The standard InChI is InChI=1S/C10H17NO4/c1-7(8(13)15-3)11(2)9(14)10(6-12)4-5-10/h7,12H,4-6H2,1-3H3/t7-/m1/s1. The molecule has 86 valence electrons. The number of carbonyl (C=O) groups is 2. The van der Waals surface area contributed by atoms with Crippen LogP contribution in [0, 0.1) is 5.41 Å². The van der Waals surface area contributed by atoms with Gasteiger partial charge in [-0.25, -0.2) is 4.79 Å². The van der Waals surface area contributed by atoms with Gasteiger partial charge in [0.05, 0.1) is 19.1 Å². The summed E-state index contributed by atoms with van der Waals surface area (Å²) in [5.41, 5.74) is -0.628. The molecule has 0 radical (unpaired) electrons. The number of aliphatic hydroxyl groups is 1. The molecule has 0 aromatic heterocycles. The second-order valence-electron chi connectivity index (χ2n) is 4.05. The van der Waals surface area contributed by atoms with Crippen molar-refractivity contribution >= 4 is 11.9 Å². The zero-order valence-corrected chi connectivity index (χ0v) is 9.32. The van der Waals surface area contributed by atoms with Crippen molar-refractivity contribution in [3.63, 3.8) is 0 Å². The summed E-state index contributed by atoms with van der Waals surface area (Å²) in [6, 6.07) is -0.605. The van der Waals surface area contributed by atoms with Crippen LogP contribution in [0.2, 0.25) is 0 Å². The number of methoxy groups -OCH3 is 1. The SMILES string of the molecule is COC(=O)[C@@H](C)N(C)C(=O)C1(CO)CC1. The van der Waals surface area contributed by atoms with Crippen LogP contribution < -0.4 is 0 Å². The molecule has 1 saturated carbocycles. The van der Waals surface area contributed by atoms with Crippen molar-refractivity contribution in [3.05, 3.63) is 0 Å². The van der Waals surface area contributed by atoms with Gasteiger partial charge in [0, 0.05) is 7.05 Å². The monoisotopic (exact) mass is 215 g/mol. The van der Waals surface area contributed by atoms with Crippen LogP contribution in [0.3, 0.4) is 0 Å². The highest BCUT2D eigenvalue weighted by atomic mass is 16.5. The van der Waals surface area contributed by atoms with Crippen LogP contribution in [0.1, 0.15) is 19.8 Å². The Bertz CT molecular complexity index is 273. The molecule has 1 fully saturated rings. The van der Waals surface area contributed by atoms with Gasteiger partial charge in [0.2, 0.25) is 5.91 Å². The maximum atomic E-state index is 11.9. The van der Waals surface area contributed by atoms with Crippen molar-refractivity contribution in [1.82, 2.24) is 4.90 Å². The van der Waals surface area contributed by atoms with E-state index in [2.05, 4.69) is 4.74 Å². The number of aliphatic hydroxyl groups excluding tert-OH is 1. The van der Waals surface area contributed by atoms with E-state index in [0.717, 1.165) is 0 Å². The Morgan fingerprint density at radius 1 is 1.53 bits per heavy atom. The molecule has 0 aromatic carbocycles. The average Bonchev–Trinajstić information content (AvgIpc) is 3.05. The lowest BCUT2D eigenvalue weighted by molar-refractivity contribution is -0.153. The van der Waals surface area contributed by atoms with E-state index in [0.29, 0.717) is 12.8 Å². The first-order valence-electron chi connectivity index (χ1n) is 4.94. The Morgan fingerprint density at radius 2 is 2.07 bits per heavy atom. The van der Waals surface area contributed by atoms with Crippen molar-refractivity contribution in [3.8, 4) is 0 Å². The van der Waals surface area contributed by atoms with Gasteiger partial charge in [-0.3, -0.25) is 4.79 Å². The molecule has 0 unspecified atom stereocenters. The van der Waals surface area contributed by atoms with Gasteiger partial charge in [0.25, 0.3) is 0 Å². The van der Waals surface area contributed by atoms with Crippen LogP contribution in [0.15, 0.2) is 0 Å². The normalized spacial score (nSPS) is 19.2. The minimum atomic E-state index is -0.628. The van der Waals surface area contributed by atoms with Crippen LogP contribution in [-0.4, -0.2) is 48.7 Å². The summed E-state index contributed by atoms with van der Waals surface area (Å²) >= 11 is 0. The predicted molar refractivity (Wildman–Crippen MR) is 53.0 cm³/mol. The molecule has 15 heavy (non-hydrogen) atoms. The molecule has 0 aliphatic heterocycles. The number of esters is 1. The molecular formula is C10H17NO4. The minimum Gasteiger partial charge on any atom is -0.467 e. The van der Waals surface area contributed by atoms with Crippen molar-refractivity contribution in [1.29, 1.82) is 0 Å². The topological polar surface area (TPSA) is 66.8 Å². The fourth-order valence-electron chi connectivity index (χ4n) is 1.47. The Labute approximate surface area is 89.0 Å². The highest BCUT2D eigenvalue weighted by Crippen LogP contribution is 2.46. The van der Waals surface area contributed by atoms with Gasteiger partial charge in [-0.2, -0.15) is 0 Å². The molecule has 5 heteroatoms. The third-order valence-corrected chi connectivity index (χ3v) is 3.05. The van der Waals surface area contributed by atoms with Crippen molar-refractivity contribution in [2.75, 3.05) is 20.8 Å². The molecule has 0 heterocycles. The van der Waals surface area contributed by atoms with Gasteiger partial charge < -0.3 is 14.7 Å². The molecule has 1 atom stereocenters. The number of nitrogens with zero attached hydrogens (tertiary/aromatic N) is 1. The molecule has 1 N–H and O–H groups in total. The third kappa shape index (κ3) is 2.12. The molecule has 1 rings (SSSR count). The number of hydrogen-bond donors (Lipinski definition) is 1. The first-order chi connectivity index (χ1) is 6.98. The van der Waals surface area contributed by atoms with Crippen LogP contribution in [0.5, 0.6) is 0 Å². The largest absolute Gasteiger partial charge is 0.467 e. The molecular weight excluding hydrogens is 198 g/mol. The van der Waals surface area contributed by atoms with Gasteiger partial charge in [0.1, 0.15) is 6.04 Å². The summed E-state index contributed by atoms with van der Waals surface area (Å²) in [7, 11) is 2.84. The summed E-state index contributed by atoms with van der Waals surface area (Å²) in [5, 5.41) is 9.09. The lowest BCUT2D eigenvalue weighted by atomic mass is 10.1. The Kier molecular flexibility index (Phi) is 3.34. The quantitative estimate of drug-likeness (QED) is 0.658. The second-order valence-corrected chi connectivity index (χ2v) is 4.05. The number of ether oxygens (including phenoxy) is 1. The summed E-state index contributed by atoms with van der Waals surface area (Å²) in [6.07, 6.45) is 1.39. The molecule has 0 saturated heterocycles. The lowest BCUT2D eigenvalue weighted by Gasteiger charge is -2.26. The van der Waals surface area contributed by atoms with E-state index in [-0.39, 0.29) is 12.5 Å². The minimum absolute atomic E-state index is 0.149. The number of rotatable bonds is 4. The number of carbonyl (C=O) groups excluding carboxylic acids is 2. The Morgan fingerprint density at radius 3 is 2.40 bits per heavy atom. The van der Waals surface area contributed by atoms with Crippen molar-refractivity contribution in [2.45, 2.75) is 25.8 Å². The van der Waals surface area contributed by atoms with Crippen LogP contribution in [0.4, 0.5) is 0 Å². The van der Waals surface area contributed by atoms with E-state index in [1.54, 1.807) is 14.0 Å². The highest BCUT2D eigenvalue weighted by Gasteiger charge is 2.51. The maximum absolute atomic E-state index is 11.9. The molecule has 1 aliphatic carbocycles. The van der Waals surface area contributed by atoms with Gasteiger partial charge in [-0.1, -0.05) is 0 Å². The summed E-state index contributed by atoms with van der Waals surface area (Å²) in [5.74, 6) is -0.623. The lowest BCUT2D eigenvalue weighted by Crippen LogP contribution is -2.45. The molecule has 5 nitrogen and oxygen atoms in total. The van der Waals surface area contributed by atoms with Crippen molar-refractivity contribution < 1.29 is 19.4 Å². The molecule has 0 bridgehead atoms. The number of likely N-dealkylation sites (N-methyl/N-ethyl adjacent to an activating group) is 1.